The minimum atomic E-state index is -1.10. The summed E-state index contributed by atoms with van der Waals surface area (Å²) in [6, 6.07) is 0. The van der Waals surface area contributed by atoms with Crippen LogP contribution in [0.2, 0.25) is 0 Å². The molecule has 0 aliphatic carbocycles. The van der Waals surface area contributed by atoms with Gasteiger partial charge in [-0.05, 0) is 38.7 Å². The maximum absolute atomic E-state index is 12.3. The Morgan fingerprint density at radius 2 is 1.59 bits per heavy atom. The summed E-state index contributed by atoms with van der Waals surface area (Å²) in [5, 5.41) is 8.63. The first kappa shape index (κ1) is 22.9. The molecular formula is C20H30O7. The quantitative estimate of drug-likeness (QED) is 0.743. The minimum absolute atomic E-state index is 0.213. The van der Waals surface area contributed by atoms with Crippen molar-refractivity contribution in [3.8, 4) is 0 Å². The van der Waals surface area contributed by atoms with Crippen LogP contribution in [0.5, 0.6) is 0 Å². The molecule has 1 aliphatic rings. The number of ether oxygens (including phenoxy) is 2. The number of hydrogen-bond donors (Lipinski definition) is 1. The first-order chi connectivity index (χ1) is 12.9. The van der Waals surface area contributed by atoms with E-state index in [1.807, 2.05) is 6.92 Å². The van der Waals surface area contributed by atoms with Gasteiger partial charge >= 0.3 is 17.9 Å². The first-order valence-electron chi connectivity index (χ1n) is 9.72. The molecule has 7 nitrogen and oxygen atoms in total. The standard InChI is InChI=1S/C20H30O7/c1-15-9-7-5-3-2-4-6-8-10-17(16(21)11-13-19(24)26-15)27-20(25)14-12-18(22)23/h11,13,15,17H,2-10,12,14H2,1H3,(H,22,23)/b13-11+/t15-,17-/m1/s1. The van der Waals surface area contributed by atoms with E-state index in [9.17, 15) is 19.2 Å². The topological polar surface area (TPSA) is 107 Å². The van der Waals surface area contributed by atoms with E-state index >= 15 is 0 Å². The average molecular weight is 382 g/mol. The molecule has 1 aliphatic heterocycles. The lowest BCUT2D eigenvalue weighted by molar-refractivity contribution is -0.155. The first-order valence-corrected chi connectivity index (χ1v) is 9.72. The van der Waals surface area contributed by atoms with Crippen molar-refractivity contribution in [2.24, 2.45) is 0 Å². The van der Waals surface area contributed by atoms with Crippen LogP contribution < -0.4 is 0 Å². The number of carboxylic acids is 1. The van der Waals surface area contributed by atoms with Gasteiger partial charge in [0.15, 0.2) is 11.9 Å². The maximum atomic E-state index is 12.3. The van der Waals surface area contributed by atoms with E-state index in [-0.39, 0.29) is 18.9 Å². The molecule has 27 heavy (non-hydrogen) atoms. The Hall–Kier alpha value is -2.18. The summed E-state index contributed by atoms with van der Waals surface area (Å²) in [7, 11) is 0. The molecule has 0 aromatic heterocycles. The molecule has 152 valence electrons. The van der Waals surface area contributed by atoms with Crippen LogP contribution in [0.4, 0.5) is 0 Å². The normalized spacial score (nSPS) is 24.6. The fourth-order valence-electron chi connectivity index (χ4n) is 2.89. The van der Waals surface area contributed by atoms with Crippen molar-refractivity contribution in [2.45, 2.75) is 89.8 Å². The van der Waals surface area contributed by atoms with E-state index in [2.05, 4.69) is 0 Å². The molecule has 0 aromatic carbocycles. The van der Waals surface area contributed by atoms with Gasteiger partial charge in [-0.25, -0.2) is 4.79 Å². The molecule has 0 fully saturated rings. The maximum Gasteiger partial charge on any atom is 0.331 e. The number of carbonyl (C=O) groups is 4. The average Bonchev–Trinajstić information content (AvgIpc) is 2.61. The Kier molecular flexibility index (Phi) is 11.1. The molecule has 0 saturated carbocycles. The number of cyclic esters (lactones) is 1. The third-order valence-electron chi connectivity index (χ3n) is 4.41. The third kappa shape index (κ3) is 11.2. The number of hydrogen-bond acceptors (Lipinski definition) is 6. The van der Waals surface area contributed by atoms with E-state index < -0.39 is 29.8 Å². The van der Waals surface area contributed by atoms with Crippen LogP contribution in [-0.2, 0) is 28.7 Å². The van der Waals surface area contributed by atoms with Crippen molar-refractivity contribution in [3.63, 3.8) is 0 Å². The zero-order valence-corrected chi connectivity index (χ0v) is 16.0. The Morgan fingerprint density at radius 3 is 2.22 bits per heavy atom. The highest BCUT2D eigenvalue weighted by Crippen LogP contribution is 2.15. The summed E-state index contributed by atoms with van der Waals surface area (Å²) in [4.78, 5) is 46.5. The summed E-state index contributed by atoms with van der Waals surface area (Å²) in [6.07, 6.45) is 8.45. The zero-order chi connectivity index (χ0) is 20.1. The number of esters is 2. The number of carbonyl (C=O) groups excluding carboxylic acids is 3. The smallest absolute Gasteiger partial charge is 0.331 e. The lowest BCUT2D eigenvalue weighted by atomic mass is 10.0. The molecule has 0 radical (unpaired) electrons. The Labute approximate surface area is 160 Å². The lowest BCUT2D eigenvalue weighted by Crippen LogP contribution is -2.26. The number of aliphatic carboxylic acids is 1. The van der Waals surface area contributed by atoms with Crippen LogP contribution in [0.3, 0.4) is 0 Å². The van der Waals surface area contributed by atoms with Gasteiger partial charge in [-0.15, -0.1) is 0 Å². The molecule has 0 bridgehead atoms. The number of ketones is 1. The second-order valence-corrected chi connectivity index (χ2v) is 6.91. The second-order valence-electron chi connectivity index (χ2n) is 6.91. The number of carboxylic acid groups (broad SMARTS) is 1. The van der Waals surface area contributed by atoms with E-state index in [0.29, 0.717) is 6.42 Å². The minimum Gasteiger partial charge on any atom is -0.481 e. The molecule has 0 unspecified atom stereocenters. The summed E-state index contributed by atoms with van der Waals surface area (Å²) >= 11 is 0. The summed E-state index contributed by atoms with van der Waals surface area (Å²) in [6.45, 7) is 1.82. The molecule has 0 saturated heterocycles. The summed E-state index contributed by atoms with van der Waals surface area (Å²) in [5.74, 6) is -2.92. The molecule has 2 atom stereocenters. The van der Waals surface area contributed by atoms with Crippen LogP contribution in [0.15, 0.2) is 12.2 Å². The fraction of sp³-hybridized carbons (Fsp3) is 0.700. The fourth-order valence-corrected chi connectivity index (χ4v) is 2.89. The molecule has 1 N–H and O–H groups in total. The van der Waals surface area contributed by atoms with Gasteiger partial charge < -0.3 is 14.6 Å². The van der Waals surface area contributed by atoms with E-state index in [0.717, 1.165) is 63.5 Å². The van der Waals surface area contributed by atoms with Gasteiger partial charge in [0.25, 0.3) is 0 Å². The molecule has 7 heteroatoms. The SMILES string of the molecule is C[C@@H]1CCCCCCCCC[C@@H](OC(=O)CCC(=O)O)C(=O)/C=C/C(=O)O1. The molecule has 0 amide bonds. The van der Waals surface area contributed by atoms with Gasteiger partial charge in [0.05, 0.1) is 18.9 Å². The van der Waals surface area contributed by atoms with Crippen molar-refractivity contribution in [2.75, 3.05) is 0 Å². The predicted molar refractivity (Wildman–Crippen MR) is 98.0 cm³/mol. The van der Waals surface area contributed by atoms with Crippen molar-refractivity contribution < 1.29 is 33.8 Å². The van der Waals surface area contributed by atoms with E-state index in [1.54, 1.807) is 0 Å². The van der Waals surface area contributed by atoms with E-state index in [1.165, 1.54) is 0 Å². The van der Waals surface area contributed by atoms with Crippen LogP contribution in [0, 0.1) is 0 Å². The Bertz CT molecular complexity index is 538. The highest BCUT2D eigenvalue weighted by atomic mass is 16.5. The van der Waals surface area contributed by atoms with Crippen LogP contribution in [-0.4, -0.2) is 41.0 Å². The van der Waals surface area contributed by atoms with Gasteiger partial charge in [-0.1, -0.05) is 32.1 Å². The second kappa shape index (κ2) is 13.1. The largest absolute Gasteiger partial charge is 0.481 e. The molecule has 0 aromatic rings. The summed E-state index contributed by atoms with van der Waals surface area (Å²) < 4.78 is 10.4. The van der Waals surface area contributed by atoms with Gasteiger partial charge in [0.1, 0.15) is 0 Å². The van der Waals surface area contributed by atoms with Crippen molar-refractivity contribution >= 4 is 23.7 Å². The molecule has 1 rings (SSSR count). The van der Waals surface area contributed by atoms with Crippen LogP contribution >= 0.6 is 0 Å². The van der Waals surface area contributed by atoms with Gasteiger partial charge in [0.2, 0.25) is 0 Å². The van der Waals surface area contributed by atoms with Gasteiger partial charge in [-0.3, -0.25) is 14.4 Å². The van der Waals surface area contributed by atoms with Crippen molar-refractivity contribution in [1.29, 1.82) is 0 Å². The Balaban J connectivity index is 2.70. The Morgan fingerprint density at radius 1 is 1.00 bits per heavy atom. The van der Waals surface area contributed by atoms with Crippen molar-refractivity contribution in [3.05, 3.63) is 12.2 Å². The molecule has 0 spiro atoms. The predicted octanol–water partition coefficient (Wildman–Crippen LogP) is 3.34. The zero-order valence-electron chi connectivity index (χ0n) is 16.0. The molecule has 1 heterocycles. The van der Waals surface area contributed by atoms with Gasteiger partial charge in [0, 0.05) is 6.08 Å². The summed E-state index contributed by atoms with van der Waals surface area (Å²) in [5.41, 5.74) is 0. The van der Waals surface area contributed by atoms with Gasteiger partial charge in [-0.2, -0.15) is 0 Å². The highest BCUT2D eigenvalue weighted by molar-refractivity contribution is 5.99. The van der Waals surface area contributed by atoms with Crippen molar-refractivity contribution in [1.82, 2.24) is 0 Å². The van der Waals surface area contributed by atoms with Crippen LogP contribution in [0.25, 0.3) is 0 Å². The molecular weight excluding hydrogens is 352 g/mol. The monoisotopic (exact) mass is 382 g/mol. The third-order valence-corrected chi connectivity index (χ3v) is 4.41. The van der Waals surface area contributed by atoms with E-state index in [4.69, 9.17) is 14.6 Å². The number of rotatable bonds is 4. The lowest BCUT2D eigenvalue weighted by Gasteiger charge is -2.16. The highest BCUT2D eigenvalue weighted by Gasteiger charge is 2.21. The van der Waals surface area contributed by atoms with Crippen LogP contribution in [0.1, 0.15) is 77.6 Å².